The number of carbonyl (C=O) groups is 1. The molecule has 130 valence electrons. The maximum atomic E-state index is 12.1. The summed E-state index contributed by atoms with van der Waals surface area (Å²) < 4.78 is 16.2. The van der Waals surface area contributed by atoms with Gasteiger partial charge in [0.1, 0.15) is 6.61 Å². The number of carbonyl (C=O) groups excluding carboxylic acids is 1. The van der Waals surface area contributed by atoms with Crippen molar-refractivity contribution in [2.24, 2.45) is 0 Å². The number of ether oxygens (including phenoxy) is 2. The first-order valence-corrected chi connectivity index (χ1v) is 8.11. The van der Waals surface area contributed by atoms with Crippen LogP contribution in [-0.4, -0.2) is 24.2 Å². The zero-order chi connectivity index (χ0) is 17.5. The highest BCUT2D eigenvalue weighted by molar-refractivity contribution is 5.92. The molecule has 1 aromatic heterocycles. The lowest BCUT2D eigenvalue weighted by Crippen LogP contribution is -2.33. The molecule has 0 saturated carbocycles. The quantitative estimate of drug-likeness (QED) is 0.801. The maximum absolute atomic E-state index is 12.1. The van der Waals surface area contributed by atoms with Crippen molar-refractivity contribution in [3.63, 3.8) is 0 Å². The minimum Gasteiger partial charge on any atom is -0.493 e. The van der Waals surface area contributed by atoms with Crippen LogP contribution in [0.3, 0.4) is 0 Å². The molecule has 0 spiro atoms. The van der Waals surface area contributed by atoms with E-state index >= 15 is 0 Å². The minimum absolute atomic E-state index is 0.144. The molecule has 1 heterocycles. The fourth-order valence-corrected chi connectivity index (χ4v) is 2.28. The molecule has 6 heteroatoms. The van der Waals surface area contributed by atoms with Gasteiger partial charge in [-0.3, -0.25) is 4.79 Å². The van der Waals surface area contributed by atoms with Gasteiger partial charge >= 0.3 is 0 Å². The van der Waals surface area contributed by atoms with Crippen LogP contribution in [0.2, 0.25) is 0 Å². The Kier molecular flexibility index (Phi) is 6.23. The van der Waals surface area contributed by atoms with E-state index in [2.05, 4.69) is 10.5 Å². The lowest BCUT2D eigenvalue weighted by molar-refractivity contribution is 0.0925. The Labute approximate surface area is 142 Å². The van der Waals surface area contributed by atoms with Crippen LogP contribution in [0.1, 0.15) is 48.5 Å². The molecule has 1 amide bonds. The monoisotopic (exact) mass is 332 g/mol. The summed E-state index contributed by atoms with van der Waals surface area (Å²) in [5.74, 6) is 1.52. The molecule has 0 aliphatic rings. The zero-order valence-corrected chi connectivity index (χ0v) is 14.6. The molecule has 0 aliphatic heterocycles. The molecular weight excluding hydrogens is 308 g/mol. The van der Waals surface area contributed by atoms with E-state index in [9.17, 15) is 4.79 Å². The average molecular weight is 332 g/mol. The SMILES string of the molecule is CCC(CC)NC(=O)c1cc(COc2ccc(C)cc2OC)on1. The number of aryl methyl sites for hydroxylation is 1. The van der Waals surface area contributed by atoms with Gasteiger partial charge in [-0.05, 0) is 37.5 Å². The van der Waals surface area contributed by atoms with E-state index in [1.807, 2.05) is 39.0 Å². The van der Waals surface area contributed by atoms with Gasteiger partial charge in [0.05, 0.1) is 7.11 Å². The Morgan fingerprint density at radius 1 is 1.25 bits per heavy atom. The summed E-state index contributed by atoms with van der Waals surface area (Å²) in [5, 5.41) is 6.73. The summed E-state index contributed by atoms with van der Waals surface area (Å²) in [6.45, 7) is 6.22. The Bertz CT molecular complexity index is 677. The summed E-state index contributed by atoms with van der Waals surface area (Å²) in [6.07, 6.45) is 1.76. The van der Waals surface area contributed by atoms with E-state index in [0.29, 0.717) is 17.3 Å². The maximum Gasteiger partial charge on any atom is 0.273 e. The highest BCUT2D eigenvalue weighted by Crippen LogP contribution is 2.28. The van der Waals surface area contributed by atoms with Gasteiger partial charge in [-0.25, -0.2) is 0 Å². The van der Waals surface area contributed by atoms with Crippen LogP contribution < -0.4 is 14.8 Å². The fraction of sp³-hybridized carbons (Fsp3) is 0.444. The first-order chi connectivity index (χ1) is 11.6. The van der Waals surface area contributed by atoms with Crippen molar-refractivity contribution in [3.05, 3.63) is 41.3 Å². The van der Waals surface area contributed by atoms with Crippen molar-refractivity contribution < 1.29 is 18.8 Å². The predicted octanol–water partition coefficient (Wildman–Crippen LogP) is 3.49. The number of methoxy groups -OCH3 is 1. The molecule has 0 radical (unpaired) electrons. The van der Waals surface area contributed by atoms with Crippen LogP contribution in [0, 0.1) is 6.92 Å². The molecule has 0 atom stereocenters. The molecule has 2 rings (SSSR count). The summed E-state index contributed by atoms with van der Waals surface area (Å²) in [5.41, 5.74) is 1.34. The molecule has 0 fully saturated rings. The van der Waals surface area contributed by atoms with Crippen LogP contribution in [-0.2, 0) is 6.61 Å². The average Bonchev–Trinajstić information content (AvgIpc) is 3.07. The van der Waals surface area contributed by atoms with Gasteiger partial charge in [0.15, 0.2) is 23.0 Å². The van der Waals surface area contributed by atoms with E-state index in [4.69, 9.17) is 14.0 Å². The zero-order valence-electron chi connectivity index (χ0n) is 14.6. The number of nitrogens with zero attached hydrogens (tertiary/aromatic N) is 1. The number of rotatable bonds is 8. The van der Waals surface area contributed by atoms with Gasteiger partial charge in [0.2, 0.25) is 0 Å². The van der Waals surface area contributed by atoms with Crippen molar-refractivity contribution in [1.82, 2.24) is 10.5 Å². The summed E-state index contributed by atoms with van der Waals surface area (Å²) in [7, 11) is 1.59. The smallest absolute Gasteiger partial charge is 0.273 e. The fourth-order valence-electron chi connectivity index (χ4n) is 2.28. The van der Waals surface area contributed by atoms with Crippen LogP contribution in [0.4, 0.5) is 0 Å². The molecule has 2 aromatic rings. The second kappa shape index (κ2) is 8.38. The van der Waals surface area contributed by atoms with Gasteiger partial charge in [0, 0.05) is 12.1 Å². The van der Waals surface area contributed by atoms with Crippen molar-refractivity contribution in [2.75, 3.05) is 7.11 Å². The number of benzene rings is 1. The van der Waals surface area contributed by atoms with E-state index in [0.717, 1.165) is 18.4 Å². The molecule has 1 N–H and O–H groups in total. The summed E-state index contributed by atoms with van der Waals surface area (Å²) >= 11 is 0. The molecule has 0 aliphatic carbocycles. The van der Waals surface area contributed by atoms with Crippen LogP contribution in [0.5, 0.6) is 11.5 Å². The van der Waals surface area contributed by atoms with Crippen molar-refractivity contribution >= 4 is 5.91 Å². The van der Waals surface area contributed by atoms with Gasteiger partial charge < -0.3 is 19.3 Å². The van der Waals surface area contributed by atoms with Crippen LogP contribution in [0.15, 0.2) is 28.8 Å². The Hall–Kier alpha value is -2.50. The minimum atomic E-state index is -0.230. The normalized spacial score (nSPS) is 10.7. The first kappa shape index (κ1) is 17.8. The molecule has 0 unspecified atom stereocenters. The van der Waals surface area contributed by atoms with Gasteiger partial charge in [-0.1, -0.05) is 25.1 Å². The number of nitrogens with one attached hydrogen (secondary N) is 1. The molecule has 24 heavy (non-hydrogen) atoms. The van der Waals surface area contributed by atoms with Gasteiger partial charge in [0.25, 0.3) is 5.91 Å². The van der Waals surface area contributed by atoms with Crippen LogP contribution in [0.25, 0.3) is 0 Å². The lowest BCUT2D eigenvalue weighted by atomic mass is 10.1. The lowest BCUT2D eigenvalue weighted by Gasteiger charge is -2.12. The van der Waals surface area contributed by atoms with E-state index < -0.39 is 0 Å². The van der Waals surface area contributed by atoms with Crippen molar-refractivity contribution in [2.45, 2.75) is 46.3 Å². The summed E-state index contributed by atoms with van der Waals surface area (Å²) in [4.78, 5) is 12.1. The Morgan fingerprint density at radius 2 is 2.00 bits per heavy atom. The number of hydrogen-bond donors (Lipinski definition) is 1. The largest absolute Gasteiger partial charge is 0.493 e. The van der Waals surface area contributed by atoms with Crippen molar-refractivity contribution in [3.8, 4) is 11.5 Å². The summed E-state index contributed by atoms with van der Waals surface area (Å²) in [6, 6.07) is 7.41. The third kappa shape index (κ3) is 4.50. The third-order valence-corrected chi connectivity index (χ3v) is 3.80. The topological polar surface area (TPSA) is 73.6 Å². The highest BCUT2D eigenvalue weighted by Gasteiger charge is 2.16. The van der Waals surface area contributed by atoms with Crippen molar-refractivity contribution in [1.29, 1.82) is 0 Å². The number of hydrogen-bond acceptors (Lipinski definition) is 5. The number of aromatic nitrogens is 1. The molecule has 1 aromatic carbocycles. The van der Waals surface area contributed by atoms with E-state index in [1.54, 1.807) is 13.2 Å². The molecular formula is C18H24N2O4. The standard InChI is InChI=1S/C18H24N2O4/c1-5-13(6-2)19-18(21)15-10-14(24-20-15)11-23-16-8-7-12(3)9-17(16)22-4/h7-10,13H,5-6,11H2,1-4H3,(H,19,21). The molecule has 6 nitrogen and oxygen atoms in total. The van der Waals surface area contributed by atoms with Crippen LogP contribution >= 0.6 is 0 Å². The third-order valence-electron chi connectivity index (χ3n) is 3.80. The second-order valence-electron chi connectivity index (χ2n) is 5.61. The van der Waals surface area contributed by atoms with E-state index in [1.165, 1.54) is 0 Å². The Balaban J connectivity index is 1.98. The number of amides is 1. The van der Waals surface area contributed by atoms with Gasteiger partial charge in [-0.2, -0.15) is 0 Å². The Morgan fingerprint density at radius 3 is 2.67 bits per heavy atom. The molecule has 0 saturated heterocycles. The first-order valence-electron chi connectivity index (χ1n) is 8.11. The highest BCUT2D eigenvalue weighted by atomic mass is 16.5. The molecule has 0 bridgehead atoms. The van der Waals surface area contributed by atoms with Gasteiger partial charge in [-0.15, -0.1) is 0 Å². The predicted molar refractivity (Wildman–Crippen MR) is 90.4 cm³/mol. The van der Waals surface area contributed by atoms with E-state index in [-0.39, 0.29) is 24.2 Å². The second-order valence-corrected chi connectivity index (χ2v) is 5.61.